The molecule has 1 fully saturated rings. The van der Waals surface area contributed by atoms with Gasteiger partial charge in [-0.15, -0.1) is 0 Å². The van der Waals surface area contributed by atoms with Crippen LogP contribution in [0.5, 0.6) is 0 Å². The molecule has 0 spiro atoms. The second-order valence-corrected chi connectivity index (χ2v) is 5.33. The van der Waals surface area contributed by atoms with Crippen molar-refractivity contribution in [3.63, 3.8) is 0 Å². The van der Waals surface area contributed by atoms with E-state index in [1.54, 1.807) is 6.08 Å². The van der Waals surface area contributed by atoms with Crippen LogP contribution in [-0.2, 0) is 9.59 Å². The van der Waals surface area contributed by atoms with Crippen LogP contribution in [0.3, 0.4) is 0 Å². The van der Waals surface area contributed by atoms with Gasteiger partial charge in [-0.25, -0.2) is 0 Å². The van der Waals surface area contributed by atoms with Crippen LogP contribution in [0.1, 0.15) is 19.8 Å². The SMILES string of the molecule is CC1C=CCC2C3C=CC(=O)C(C3)C(=O)C12. The molecule has 0 aromatic heterocycles. The fraction of sp³-hybridized carbons (Fsp3) is 0.571. The van der Waals surface area contributed by atoms with Crippen molar-refractivity contribution < 1.29 is 9.59 Å². The standard InChI is InChI=1S/C14H16O2/c1-8-3-2-4-10-9-5-6-12(15)11(7-9)14(16)13(8)10/h2-3,5-6,8-11,13H,4,7H2,1H3. The third-order valence-corrected chi connectivity index (χ3v) is 4.46. The van der Waals surface area contributed by atoms with Gasteiger partial charge in [0, 0.05) is 5.92 Å². The van der Waals surface area contributed by atoms with E-state index in [0.29, 0.717) is 17.8 Å². The zero-order valence-corrected chi connectivity index (χ0v) is 9.43. The summed E-state index contributed by atoms with van der Waals surface area (Å²) in [6.45, 7) is 2.10. The van der Waals surface area contributed by atoms with Crippen LogP contribution in [0.2, 0.25) is 0 Å². The molecule has 3 aliphatic carbocycles. The highest BCUT2D eigenvalue weighted by atomic mass is 16.2. The molecule has 0 aromatic rings. The van der Waals surface area contributed by atoms with E-state index in [4.69, 9.17) is 0 Å². The van der Waals surface area contributed by atoms with Crippen LogP contribution in [0.15, 0.2) is 24.3 Å². The first-order valence-electron chi connectivity index (χ1n) is 6.11. The van der Waals surface area contributed by atoms with Gasteiger partial charge >= 0.3 is 0 Å². The molecule has 0 aliphatic heterocycles. The van der Waals surface area contributed by atoms with Crippen molar-refractivity contribution in [1.29, 1.82) is 0 Å². The summed E-state index contributed by atoms with van der Waals surface area (Å²) in [4.78, 5) is 24.0. The van der Waals surface area contributed by atoms with E-state index >= 15 is 0 Å². The Hall–Kier alpha value is -1.18. The Morgan fingerprint density at radius 3 is 2.88 bits per heavy atom. The third kappa shape index (κ3) is 1.25. The summed E-state index contributed by atoms with van der Waals surface area (Å²) in [5, 5.41) is 0. The minimum atomic E-state index is -0.329. The Morgan fingerprint density at radius 1 is 1.25 bits per heavy atom. The van der Waals surface area contributed by atoms with Crippen molar-refractivity contribution in [1.82, 2.24) is 0 Å². The van der Waals surface area contributed by atoms with Crippen molar-refractivity contribution in [3.8, 4) is 0 Å². The molecule has 2 heteroatoms. The van der Waals surface area contributed by atoms with E-state index < -0.39 is 0 Å². The van der Waals surface area contributed by atoms with Crippen molar-refractivity contribution in [2.75, 3.05) is 0 Å². The van der Waals surface area contributed by atoms with E-state index in [9.17, 15) is 9.59 Å². The van der Waals surface area contributed by atoms with Crippen molar-refractivity contribution in [2.24, 2.45) is 29.6 Å². The molecule has 2 bridgehead atoms. The lowest BCUT2D eigenvalue weighted by molar-refractivity contribution is -0.141. The third-order valence-electron chi connectivity index (χ3n) is 4.46. The van der Waals surface area contributed by atoms with Gasteiger partial charge in [0.25, 0.3) is 0 Å². The minimum Gasteiger partial charge on any atom is -0.299 e. The van der Waals surface area contributed by atoms with Gasteiger partial charge in [-0.05, 0) is 36.7 Å². The maximum Gasteiger partial charge on any atom is 0.165 e. The lowest BCUT2D eigenvalue weighted by Crippen LogP contribution is -2.47. The number of hydrogen-bond donors (Lipinski definition) is 0. The van der Waals surface area contributed by atoms with Gasteiger partial charge < -0.3 is 0 Å². The molecule has 0 radical (unpaired) electrons. The monoisotopic (exact) mass is 216 g/mol. The number of Topliss-reactive ketones (excluding diaryl/α,β-unsaturated/α-hetero) is 1. The molecule has 0 heterocycles. The fourth-order valence-electron chi connectivity index (χ4n) is 3.63. The molecule has 3 aliphatic rings. The van der Waals surface area contributed by atoms with Crippen LogP contribution < -0.4 is 0 Å². The average Bonchev–Trinajstić information content (AvgIpc) is 2.28. The van der Waals surface area contributed by atoms with Crippen molar-refractivity contribution in [3.05, 3.63) is 24.3 Å². The normalized spacial score (nSPS) is 45.7. The number of carbonyl (C=O) groups is 2. The summed E-state index contributed by atoms with van der Waals surface area (Å²) < 4.78 is 0. The Kier molecular flexibility index (Phi) is 2.13. The summed E-state index contributed by atoms with van der Waals surface area (Å²) in [5.41, 5.74) is 0. The van der Waals surface area contributed by atoms with Crippen LogP contribution in [-0.4, -0.2) is 11.6 Å². The van der Waals surface area contributed by atoms with Gasteiger partial charge in [0.15, 0.2) is 5.78 Å². The van der Waals surface area contributed by atoms with E-state index in [-0.39, 0.29) is 23.4 Å². The van der Waals surface area contributed by atoms with Crippen LogP contribution in [0.4, 0.5) is 0 Å². The van der Waals surface area contributed by atoms with E-state index in [1.807, 2.05) is 6.08 Å². The molecule has 3 rings (SSSR count). The first-order chi connectivity index (χ1) is 7.68. The summed E-state index contributed by atoms with van der Waals surface area (Å²) in [6.07, 6.45) is 9.76. The quantitative estimate of drug-likeness (QED) is 0.459. The molecular weight excluding hydrogens is 200 g/mol. The molecular formula is C14H16O2. The largest absolute Gasteiger partial charge is 0.299 e. The predicted molar refractivity (Wildman–Crippen MR) is 60.7 cm³/mol. The van der Waals surface area contributed by atoms with Crippen LogP contribution >= 0.6 is 0 Å². The van der Waals surface area contributed by atoms with E-state index in [1.165, 1.54) is 0 Å². The van der Waals surface area contributed by atoms with Gasteiger partial charge in [0.2, 0.25) is 0 Å². The highest BCUT2D eigenvalue weighted by Crippen LogP contribution is 2.46. The molecule has 0 N–H and O–H groups in total. The molecule has 16 heavy (non-hydrogen) atoms. The summed E-state index contributed by atoms with van der Waals surface area (Å²) in [7, 11) is 0. The topological polar surface area (TPSA) is 34.1 Å². The Morgan fingerprint density at radius 2 is 2.06 bits per heavy atom. The molecule has 0 saturated heterocycles. The highest BCUT2D eigenvalue weighted by Gasteiger charge is 2.48. The Balaban J connectivity index is 2.03. The number of ketones is 2. The Labute approximate surface area is 95.4 Å². The molecule has 84 valence electrons. The zero-order valence-electron chi connectivity index (χ0n) is 9.43. The number of hydrogen-bond acceptors (Lipinski definition) is 2. The Bertz CT molecular complexity index is 405. The van der Waals surface area contributed by atoms with Gasteiger partial charge in [-0.1, -0.05) is 25.2 Å². The van der Waals surface area contributed by atoms with E-state index in [0.717, 1.165) is 12.8 Å². The van der Waals surface area contributed by atoms with Gasteiger partial charge in [0.05, 0.1) is 5.92 Å². The second kappa shape index (κ2) is 3.41. The van der Waals surface area contributed by atoms with Crippen molar-refractivity contribution >= 4 is 11.6 Å². The summed E-state index contributed by atoms with van der Waals surface area (Å²) >= 11 is 0. The molecule has 2 nitrogen and oxygen atoms in total. The second-order valence-electron chi connectivity index (χ2n) is 5.33. The number of allylic oxidation sites excluding steroid dienone is 4. The van der Waals surface area contributed by atoms with E-state index in [2.05, 4.69) is 19.1 Å². The van der Waals surface area contributed by atoms with Crippen molar-refractivity contribution in [2.45, 2.75) is 19.8 Å². The lowest BCUT2D eigenvalue weighted by Gasteiger charge is -2.44. The molecule has 1 saturated carbocycles. The lowest BCUT2D eigenvalue weighted by atomic mass is 9.58. The summed E-state index contributed by atoms with van der Waals surface area (Å²) in [6, 6.07) is 0. The molecule has 0 aromatic carbocycles. The fourth-order valence-corrected chi connectivity index (χ4v) is 3.63. The predicted octanol–water partition coefficient (Wildman–Crippen LogP) is 2.16. The first-order valence-corrected chi connectivity index (χ1v) is 6.11. The maximum absolute atomic E-state index is 12.3. The highest BCUT2D eigenvalue weighted by molar-refractivity contribution is 6.09. The van der Waals surface area contributed by atoms with Crippen LogP contribution in [0, 0.1) is 29.6 Å². The molecule has 0 amide bonds. The smallest absolute Gasteiger partial charge is 0.165 e. The molecule has 5 atom stereocenters. The molecule has 5 unspecified atom stereocenters. The first kappa shape index (κ1) is 10.0. The van der Waals surface area contributed by atoms with Gasteiger partial charge in [0.1, 0.15) is 5.78 Å². The zero-order chi connectivity index (χ0) is 11.3. The number of carbonyl (C=O) groups excluding carboxylic acids is 2. The van der Waals surface area contributed by atoms with Crippen LogP contribution in [0.25, 0.3) is 0 Å². The van der Waals surface area contributed by atoms with Gasteiger partial charge in [-0.2, -0.15) is 0 Å². The maximum atomic E-state index is 12.3. The minimum absolute atomic E-state index is 0.0291. The number of rotatable bonds is 0. The summed E-state index contributed by atoms with van der Waals surface area (Å²) in [5.74, 6) is 1.17. The van der Waals surface area contributed by atoms with Gasteiger partial charge in [-0.3, -0.25) is 9.59 Å². The number of fused-ring (bicyclic) bond motifs is 4. The average molecular weight is 216 g/mol.